The van der Waals surface area contributed by atoms with E-state index in [1.54, 1.807) is 61.1 Å². The molecule has 1 heterocycles. The zero-order valence-corrected chi connectivity index (χ0v) is 20.5. The van der Waals surface area contributed by atoms with E-state index in [-0.39, 0.29) is 41.6 Å². The minimum atomic E-state index is -0.475. The van der Waals surface area contributed by atoms with E-state index in [0.717, 1.165) is 0 Å². The number of hydrogen-bond donors (Lipinski definition) is 3. The summed E-state index contributed by atoms with van der Waals surface area (Å²) < 4.78 is 3.17. The monoisotopic (exact) mass is 497 g/mol. The molecule has 0 bridgehead atoms. The molecule has 4 rings (SSSR count). The largest absolute Gasteiger partial charge is 0.352 e. The van der Waals surface area contributed by atoms with Crippen LogP contribution in [0.1, 0.15) is 32.8 Å². The first kappa shape index (κ1) is 25.2. The van der Waals surface area contributed by atoms with E-state index in [4.69, 9.17) is 0 Å². The van der Waals surface area contributed by atoms with Gasteiger partial charge in [0.05, 0.1) is 11.4 Å². The predicted molar refractivity (Wildman–Crippen MR) is 142 cm³/mol. The quantitative estimate of drug-likeness (QED) is 0.346. The van der Waals surface area contributed by atoms with E-state index in [1.165, 1.54) is 10.7 Å². The number of hydrogen-bond acceptors (Lipinski definition) is 4. The number of anilines is 2. The predicted octanol–water partition coefficient (Wildman–Crippen LogP) is 3.50. The minimum absolute atomic E-state index is 0.0667. The zero-order chi connectivity index (χ0) is 26.4. The van der Waals surface area contributed by atoms with Crippen molar-refractivity contribution >= 4 is 29.1 Å². The van der Waals surface area contributed by atoms with Gasteiger partial charge in [0.2, 0.25) is 5.91 Å². The Morgan fingerprint density at radius 1 is 0.784 bits per heavy atom. The summed E-state index contributed by atoms with van der Waals surface area (Å²) in [6, 6.07) is 24.3. The number of amides is 3. The maximum absolute atomic E-state index is 13.1. The van der Waals surface area contributed by atoms with Crippen LogP contribution in [0.2, 0.25) is 0 Å². The summed E-state index contributed by atoms with van der Waals surface area (Å²) in [5, 5.41) is 8.15. The van der Waals surface area contributed by atoms with E-state index in [2.05, 4.69) is 16.0 Å². The van der Waals surface area contributed by atoms with Crippen molar-refractivity contribution in [2.75, 3.05) is 17.2 Å². The average molecular weight is 498 g/mol. The second kappa shape index (κ2) is 11.2. The van der Waals surface area contributed by atoms with Crippen molar-refractivity contribution in [3.05, 3.63) is 112 Å². The normalized spacial score (nSPS) is 10.5. The molecule has 0 aliphatic rings. The molecule has 1 aromatic heterocycles. The number of benzene rings is 3. The highest BCUT2D eigenvalue weighted by Crippen LogP contribution is 2.17. The number of carbonyl (C=O) groups excluding carboxylic acids is 3. The van der Waals surface area contributed by atoms with Gasteiger partial charge in [0.15, 0.2) is 0 Å². The fourth-order valence-electron chi connectivity index (χ4n) is 3.84. The lowest BCUT2D eigenvalue weighted by Gasteiger charge is -2.09. The third-order valence-electron chi connectivity index (χ3n) is 5.87. The first-order valence-electron chi connectivity index (χ1n) is 11.7. The topological polar surface area (TPSA) is 114 Å². The van der Waals surface area contributed by atoms with Gasteiger partial charge in [0, 0.05) is 36.8 Å². The van der Waals surface area contributed by atoms with Gasteiger partial charge in [-0.2, -0.15) is 0 Å². The maximum atomic E-state index is 13.1. The summed E-state index contributed by atoms with van der Waals surface area (Å²) in [6.07, 6.45) is 0.0667. The first-order chi connectivity index (χ1) is 17.8. The molecular weight excluding hydrogens is 470 g/mol. The van der Waals surface area contributed by atoms with Crippen molar-refractivity contribution in [3.63, 3.8) is 0 Å². The fraction of sp³-hybridized carbons (Fsp3) is 0.143. The van der Waals surface area contributed by atoms with Crippen LogP contribution in [0.15, 0.2) is 89.7 Å². The number of carbonyl (C=O) groups is 3. The Morgan fingerprint density at radius 3 is 2.14 bits per heavy atom. The van der Waals surface area contributed by atoms with E-state index in [0.29, 0.717) is 22.6 Å². The summed E-state index contributed by atoms with van der Waals surface area (Å²) in [4.78, 5) is 50.5. The number of rotatable bonds is 8. The first-order valence-corrected chi connectivity index (χ1v) is 11.7. The van der Waals surface area contributed by atoms with Crippen LogP contribution in [0.5, 0.6) is 0 Å². The summed E-state index contributed by atoms with van der Waals surface area (Å²) in [6.45, 7) is 1.92. The molecule has 0 aliphatic heterocycles. The second-order valence-electron chi connectivity index (χ2n) is 8.39. The number of para-hydroxylation sites is 1. The highest BCUT2D eigenvalue weighted by atomic mass is 16.2. The average Bonchev–Trinajstić information content (AvgIpc) is 3.12. The molecule has 0 spiro atoms. The van der Waals surface area contributed by atoms with E-state index in [9.17, 15) is 19.2 Å². The fourth-order valence-corrected chi connectivity index (χ4v) is 3.84. The van der Waals surface area contributed by atoms with Crippen molar-refractivity contribution in [3.8, 4) is 5.69 Å². The molecule has 37 heavy (non-hydrogen) atoms. The van der Waals surface area contributed by atoms with Crippen LogP contribution in [0.4, 0.5) is 11.4 Å². The molecule has 0 aliphatic carbocycles. The molecule has 4 aromatic rings. The SMILES string of the molecule is Cc1c(NC(=O)c2cccc(NC(=O)CCNC(=O)c3ccccc3)c2)c(=O)n(-c2ccccc2)n1C. The summed E-state index contributed by atoms with van der Waals surface area (Å²) >= 11 is 0. The lowest BCUT2D eigenvalue weighted by molar-refractivity contribution is -0.116. The molecule has 3 amide bonds. The molecule has 188 valence electrons. The van der Waals surface area contributed by atoms with E-state index >= 15 is 0 Å². The summed E-state index contributed by atoms with van der Waals surface area (Å²) in [5.74, 6) is -1.04. The molecule has 0 radical (unpaired) electrons. The van der Waals surface area contributed by atoms with E-state index in [1.807, 2.05) is 36.4 Å². The Bertz CT molecular complexity index is 1490. The van der Waals surface area contributed by atoms with Crippen LogP contribution in [-0.4, -0.2) is 33.6 Å². The van der Waals surface area contributed by atoms with Gasteiger partial charge in [-0.25, -0.2) is 4.68 Å². The lowest BCUT2D eigenvalue weighted by atomic mass is 10.1. The maximum Gasteiger partial charge on any atom is 0.295 e. The zero-order valence-electron chi connectivity index (χ0n) is 20.5. The van der Waals surface area contributed by atoms with Crippen LogP contribution in [0.3, 0.4) is 0 Å². The molecule has 3 N–H and O–H groups in total. The molecule has 9 heteroatoms. The van der Waals surface area contributed by atoms with Gasteiger partial charge >= 0.3 is 0 Å². The smallest absolute Gasteiger partial charge is 0.295 e. The van der Waals surface area contributed by atoms with Crippen molar-refractivity contribution < 1.29 is 14.4 Å². The molecule has 0 saturated heterocycles. The van der Waals surface area contributed by atoms with Crippen molar-refractivity contribution in [2.24, 2.45) is 7.05 Å². The van der Waals surface area contributed by atoms with Gasteiger partial charge in [0.25, 0.3) is 17.4 Å². The van der Waals surface area contributed by atoms with Gasteiger partial charge in [-0.1, -0.05) is 42.5 Å². The standard InChI is InChI=1S/C28H27N5O4/c1-19-25(28(37)33(32(19)2)23-14-7-4-8-15-23)31-27(36)21-12-9-13-22(18-21)30-24(34)16-17-29-26(35)20-10-5-3-6-11-20/h3-15,18H,16-17H2,1-2H3,(H,29,35)(H,30,34)(H,31,36). The molecule has 9 nitrogen and oxygen atoms in total. The third kappa shape index (κ3) is 5.84. The van der Waals surface area contributed by atoms with Gasteiger partial charge in [-0.05, 0) is 49.4 Å². The van der Waals surface area contributed by atoms with Crippen molar-refractivity contribution in [2.45, 2.75) is 13.3 Å². The van der Waals surface area contributed by atoms with Crippen LogP contribution < -0.4 is 21.5 Å². The summed E-state index contributed by atoms with van der Waals surface area (Å²) in [7, 11) is 1.75. The van der Waals surface area contributed by atoms with Crippen molar-refractivity contribution in [1.82, 2.24) is 14.7 Å². The van der Waals surface area contributed by atoms with E-state index < -0.39 is 5.91 Å². The minimum Gasteiger partial charge on any atom is -0.352 e. The highest BCUT2D eigenvalue weighted by Gasteiger charge is 2.19. The molecule has 3 aromatic carbocycles. The molecule has 0 atom stereocenters. The van der Waals surface area contributed by atoms with Gasteiger partial charge < -0.3 is 16.0 Å². The van der Waals surface area contributed by atoms with Crippen molar-refractivity contribution in [1.29, 1.82) is 0 Å². The Balaban J connectivity index is 1.39. The molecule has 0 saturated carbocycles. The number of nitrogens with one attached hydrogen (secondary N) is 3. The number of nitrogens with zero attached hydrogens (tertiary/aromatic N) is 2. The van der Waals surface area contributed by atoms with Gasteiger partial charge in [0.1, 0.15) is 5.69 Å². The van der Waals surface area contributed by atoms with Crippen LogP contribution in [0.25, 0.3) is 5.69 Å². The summed E-state index contributed by atoms with van der Waals surface area (Å²) in [5.41, 5.74) is 2.35. The van der Waals surface area contributed by atoms with Gasteiger partial charge in [-0.15, -0.1) is 0 Å². The highest BCUT2D eigenvalue weighted by molar-refractivity contribution is 6.05. The van der Waals surface area contributed by atoms with Crippen LogP contribution in [-0.2, 0) is 11.8 Å². The Kier molecular flexibility index (Phi) is 7.63. The second-order valence-corrected chi connectivity index (χ2v) is 8.39. The molecular formula is C28H27N5O4. The third-order valence-corrected chi connectivity index (χ3v) is 5.87. The van der Waals surface area contributed by atoms with Gasteiger partial charge in [-0.3, -0.25) is 23.9 Å². The van der Waals surface area contributed by atoms with Crippen LogP contribution in [0, 0.1) is 6.92 Å². The molecule has 0 fully saturated rings. The Labute approximate surface area is 213 Å². The molecule has 0 unspecified atom stereocenters. The van der Waals surface area contributed by atoms with Crippen LogP contribution >= 0.6 is 0 Å². The lowest BCUT2D eigenvalue weighted by Crippen LogP contribution is -2.27. The number of aromatic nitrogens is 2. The Morgan fingerprint density at radius 2 is 1.43 bits per heavy atom. The Hall–Kier alpha value is -4.92.